The molecule has 0 amide bonds. The van der Waals surface area contributed by atoms with Crippen molar-refractivity contribution in [3.05, 3.63) is 53.6 Å². The van der Waals surface area contributed by atoms with Crippen molar-refractivity contribution >= 4 is 17.5 Å². The third-order valence-corrected chi connectivity index (χ3v) is 2.45. The van der Waals surface area contributed by atoms with Crippen LogP contribution >= 0.6 is 12.6 Å². The fraction of sp³-hybridized carbons (Fsp3) is 0.167. The van der Waals surface area contributed by atoms with Crippen molar-refractivity contribution in [2.24, 2.45) is 0 Å². The van der Waals surface area contributed by atoms with Gasteiger partial charge in [0.05, 0.1) is 0 Å². The van der Waals surface area contributed by atoms with Crippen LogP contribution in [0.15, 0.2) is 48.1 Å². The summed E-state index contributed by atoms with van der Waals surface area (Å²) in [5.74, 6) is 0. The van der Waals surface area contributed by atoms with Crippen LogP contribution in [0.3, 0.4) is 0 Å². The molecule has 0 saturated heterocycles. The Hall–Kier alpha value is -0.950. The molecule has 0 N–H and O–H groups in total. The molecule has 0 fully saturated rings. The second-order valence-electron chi connectivity index (χ2n) is 2.90. The van der Waals surface area contributed by atoms with Gasteiger partial charge in [0, 0.05) is 4.91 Å². The Balaban J connectivity index is 3.03. The minimum Gasteiger partial charge on any atom is -0.143 e. The molecule has 13 heavy (non-hydrogen) atoms. The molecule has 0 aromatic heterocycles. The van der Waals surface area contributed by atoms with Crippen molar-refractivity contribution in [1.29, 1.82) is 0 Å². The Kier molecular flexibility index (Phi) is 3.84. The van der Waals surface area contributed by atoms with E-state index < -0.39 is 0 Å². The molecule has 0 aliphatic carbocycles. The first-order valence-corrected chi connectivity index (χ1v) is 4.78. The van der Waals surface area contributed by atoms with E-state index in [4.69, 9.17) is 0 Å². The maximum absolute atomic E-state index is 4.48. The summed E-state index contributed by atoms with van der Waals surface area (Å²) in [4.78, 5) is 1.04. The summed E-state index contributed by atoms with van der Waals surface area (Å²) >= 11 is 4.48. The van der Waals surface area contributed by atoms with Gasteiger partial charge in [-0.1, -0.05) is 42.5 Å². The second kappa shape index (κ2) is 4.93. The average molecular weight is 190 g/mol. The molecular weight excluding hydrogens is 176 g/mol. The molecule has 0 nitrogen and oxygen atoms in total. The molecule has 0 atom stereocenters. The molecule has 1 rings (SSSR count). The predicted octanol–water partition coefficient (Wildman–Crippen LogP) is 3.92. The zero-order chi connectivity index (χ0) is 9.68. The molecule has 0 spiro atoms. The van der Waals surface area contributed by atoms with E-state index in [2.05, 4.69) is 37.8 Å². The molecule has 0 bridgehead atoms. The van der Waals surface area contributed by atoms with E-state index in [0.29, 0.717) is 0 Å². The summed E-state index contributed by atoms with van der Waals surface area (Å²) in [7, 11) is 0. The van der Waals surface area contributed by atoms with Gasteiger partial charge >= 0.3 is 0 Å². The van der Waals surface area contributed by atoms with Crippen LogP contribution in [-0.2, 0) is 0 Å². The molecule has 1 aromatic carbocycles. The van der Waals surface area contributed by atoms with Gasteiger partial charge in [0.15, 0.2) is 0 Å². The molecule has 0 aliphatic rings. The number of benzene rings is 1. The smallest absolute Gasteiger partial charge is 0.0142 e. The lowest BCUT2D eigenvalue weighted by Crippen LogP contribution is -1.79. The molecule has 0 radical (unpaired) electrons. The van der Waals surface area contributed by atoms with Crippen LogP contribution in [0, 0.1) is 0 Å². The highest BCUT2D eigenvalue weighted by atomic mass is 32.1. The lowest BCUT2D eigenvalue weighted by Gasteiger charge is -2.02. The third-order valence-electron chi connectivity index (χ3n) is 1.84. The van der Waals surface area contributed by atoms with E-state index in [1.165, 1.54) is 11.1 Å². The second-order valence-corrected chi connectivity index (χ2v) is 3.34. The van der Waals surface area contributed by atoms with E-state index in [9.17, 15) is 0 Å². The first-order valence-electron chi connectivity index (χ1n) is 4.33. The van der Waals surface area contributed by atoms with Crippen molar-refractivity contribution in [3.8, 4) is 0 Å². The van der Waals surface area contributed by atoms with E-state index in [0.717, 1.165) is 4.91 Å². The molecular formula is C12H14S. The molecule has 0 unspecified atom stereocenters. The first kappa shape index (κ1) is 10.1. The summed E-state index contributed by atoms with van der Waals surface area (Å²) in [6.45, 7) is 4.07. The number of thiol groups is 1. The lowest BCUT2D eigenvalue weighted by atomic mass is 10.1. The van der Waals surface area contributed by atoms with Crippen LogP contribution in [0.2, 0.25) is 0 Å². The Labute approximate surface area is 85.4 Å². The Bertz CT molecular complexity index is 320. The van der Waals surface area contributed by atoms with Crippen LogP contribution in [0.4, 0.5) is 0 Å². The van der Waals surface area contributed by atoms with Gasteiger partial charge in [-0.05, 0) is 25.0 Å². The van der Waals surface area contributed by atoms with Gasteiger partial charge in [0.2, 0.25) is 0 Å². The van der Waals surface area contributed by atoms with Crippen LogP contribution in [0.5, 0.6) is 0 Å². The number of hydrogen-bond acceptors (Lipinski definition) is 1. The van der Waals surface area contributed by atoms with Gasteiger partial charge < -0.3 is 0 Å². The highest BCUT2D eigenvalue weighted by Gasteiger charge is 1.96. The third kappa shape index (κ3) is 2.78. The van der Waals surface area contributed by atoms with E-state index >= 15 is 0 Å². The SMILES string of the molecule is C/C=C\C(C)=C(/S)c1ccccc1. The standard InChI is InChI=1S/C12H14S/c1-3-7-10(2)12(13)11-8-5-4-6-9-11/h3-9,13H,1-2H3/b7-3-,12-10-. The predicted molar refractivity (Wildman–Crippen MR) is 62.8 cm³/mol. The van der Waals surface area contributed by atoms with Crippen LogP contribution in [0.1, 0.15) is 19.4 Å². The molecule has 0 aliphatic heterocycles. The van der Waals surface area contributed by atoms with Crippen molar-refractivity contribution in [3.63, 3.8) is 0 Å². The van der Waals surface area contributed by atoms with Crippen molar-refractivity contribution in [1.82, 2.24) is 0 Å². The first-order chi connectivity index (χ1) is 6.25. The van der Waals surface area contributed by atoms with Gasteiger partial charge in [-0.15, -0.1) is 12.6 Å². The summed E-state index contributed by atoms with van der Waals surface area (Å²) in [6.07, 6.45) is 4.09. The zero-order valence-corrected chi connectivity index (χ0v) is 8.88. The Morgan fingerprint density at radius 3 is 2.38 bits per heavy atom. The molecule has 1 heteroatoms. The molecule has 68 valence electrons. The van der Waals surface area contributed by atoms with Crippen LogP contribution in [-0.4, -0.2) is 0 Å². The lowest BCUT2D eigenvalue weighted by molar-refractivity contribution is 1.51. The topological polar surface area (TPSA) is 0 Å². The number of hydrogen-bond donors (Lipinski definition) is 1. The number of rotatable bonds is 2. The normalized spacial score (nSPS) is 13.2. The van der Waals surface area contributed by atoms with Gasteiger partial charge in [0.1, 0.15) is 0 Å². The minimum atomic E-state index is 1.04. The van der Waals surface area contributed by atoms with Gasteiger partial charge in [-0.25, -0.2) is 0 Å². The fourth-order valence-corrected chi connectivity index (χ4v) is 1.38. The summed E-state index contributed by atoms with van der Waals surface area (Å²) in [5, 5.41) is 0. The monoisotopic (exact) mass is 190 g/mol. The summed E-state index contributed by atoms with van der Waals surface area (Å²) in [5.41, 5.74) is 2.36. The molecule has 0 saturated carbocycles. The van der Waals surface area contributed by atoms with Crippen LogP contribution in [0.25, 0.3) is 4.91 Å². The minimum absolute atomic E-state index is 1.04. The number of allylic oxidation sites excluding steroid dienone is 3. The molecule has 1 aromatic rings. The van der Waals surface area contributed by atoms with Gasteiger partial charge in [-0.3, -0.25) is 0 Å². The van der Waals surface area contributed by atoms with Crippen molar-refractivity contribution in [2.75, 3.05) is 0 Å². The largest absolute Gasteiger partial charge is 0.143 e. The van der Waals surface area contributed by atoms with E-state index in [-0.39, 0.29) is 0 Å². The quantitative estimate of drug-likeness (QED) is 0.530. The van der Waals surface area contributed by atoms with Gasteiger partial charge in [0.25, 0.3) is 0 Å². The average Bonchev–Trinajstić information content (AvgIpc) is 2.18. The maximum Gasteiger partial charge on any atom is 0.0142 e. The summed E-state index contributed by atoms with van der Waals surface area (Å²) in [6, 6.07) is 10.2. The Morgan fingerprint density at radius 1 is 1.23 bits per heavy atom. The van der Waals surface area contributed by atoms with E-state index in [1.807, 2.05) is 31.2 Å². The highest BCUT2D eigenvalue weighted by Crippen LogP contribution is 2.22. The zero-order valence-electron chi connectivity index (χ0n) is 7.99. The van der Waals surface area contributed by atoms with Gasteiger partial charge in [-0.2, -0.15) is 0 Å². The molecule has 0 heterocycles. The van der Waals surface area contributed by atoms with Crippen molar-refractivity contribution in [2.45, 2.75) is 13.8 Å². The maximum atomic E-state index is 4.48. The fourth-order valence-electron chi connectivity index (χ4n) is 1.15. The van der Waals surface area contributed by atoms with Crippen LogP contribution < -0.4 is 0 Å². The summed E-state index contributed by atoms with van der Waals surface area (Å²) < 4.78 is 0. The Morgan fingerprint density at radius 2 is 1.85 bits per heavy atom. The van der Waals surface area contributed by atoms with Crippen molar-refractivity contribution < 1.29 is 0 Å². The highest BCUT2D eigenvalue weighted by molar-refractivity contribution is 7.90. The van der Waals surface area contributed by atoms with E-state index in [1.54, 1.807) is 0 Å².